The highest BCUT2D eigenvalue weighted by Gasteiger charge is 2.22. The first-order valence-corrected chi connectivity index (χ1v) is 8.38. The Bertz CT molecular complexity index is 779. The van der Waals surface area contributed by atoms with Gasteiger partial charge in [-0.25, -0.2) is 0 Å². The predicted octanol–water partition coefficient (Wildman–Crippen LogP) is 4.48. The number of rotatable bonds is 3. The standard InChI is InChI=1S/C17H14BrClN2O2/c18-14-7-6-12(10-15(14)19)20-17(23)11-3-1-4-13(9-11)21-8-2-5-16(21)22/h1,3-4,6-7,9-10H,2,5,8H2,(H,20,23). The van der Waals surface area contributed by atoms with Crippen molar-refractivity contribution in [3.63, 3.8) is 0 Å². The van der Waals surface area contributed by atoms with Crippen molar-refractivity contribution in [1.82, 2.24) is 0 Å². The lowest BCUT2D eigenvalue weighted by Crippen LogP contribution is -2.24. The summed E-state index contributed by atoms with van der Waals surface area (Å²) in [5.41, 5.74) is 1.88. The first-order chi connectivity index (χ1) is 11.0. The van der Waals surface area contributed by atoms with E-state index in [1.54, 1.807) is 41.3 Å². The molecule has 2 aromatic carbocycles. The number of carbonyl (C=O) groups excluding carboxylic acids is 2. The van der Waals surface area contributed by atoms with Crippen LogP contribution in [0.4, 0.5) is 11.4 Å². The van der Waals surface area contributed by atoms with E-state index < -0.39 is 0 Å². The number of benzene rings is 2. The van der Waals surface area contributed by atoms with Crippen LogP contribution in [0, 0.1) is 0 Å². The molecule has 4 nitrogen and oxygen atoms in total. The largest absolute Gasteiger partial charge is 0.322 e. The molecule has 0 aliphatic carbocycles. The summed E-state index contributed by atoms with van der Waals surface area (Å²) in [6, 6.07) is 12.3. The first kappa shape index (κ1) is 16.0. The smallest absolute Gasteiger partial charge is 0.255 e. The molecule has 0 spiro atoms. The molecule has 23 heavy (non-hydrogen) atoms. The topological polar surface area (TPSA) is 49.4 Å². The molecule has 0 unspecified atom stereocenters. The zero-order chi connectivity index (χ0) is 16.4. The third-order valence-electron chi connectivity index (χ3n) is 3.67. The Hall–Kier alpha value is -1.85. The number of nitrogens with one attached hydrogen (secondary N) is 1. The van der Waals surface area contributed by atoms with Crippen molar-refractivity contribution in [3.05, 3.63) is 57.5 Å². The number of nitrogens with zero attached hydrogens (tertiary/aromatic N) is 1. The highest BCUT2D eigenvalue weighted by molar-refractivity contribution is 9.10. The normalized spacial score (nSPS) is 14.2. The number of hydrogen-bond acceptors (Lipinski definition) is 2. The molecule has 1 fully saturated rings. The highest BCUT2D eigenvalue weighted by atomic mass is 79.9. The molecular formula is C17H14BrClN2O2. The van der Waals surface area contributed by atoms with Crippen LogP contribution in [0.2, 0.25) is 5.02 Å². The molecule has 2 amide bonds. The van der Waals surface area contributed by atoms with Gasteiger partial charge in [0.1, 0.15) is 0 Å². The average molecular weight is 394 g/mol. The molecule has 1 N–H and O–H groups in total. The summed E-state index contributed by atoms with van der Waals surface area (Å²) >= 11 is 9.34. The van der Waals surface area contributed by atoms with Crippen molar-refractivity contribution >= 4 is 50.7 Å². The van der Waals surface area contributed by atoms with Crippen LogP contribution in [-0.4, -0.2) is 18.4 Å². The molecule has 2 aromatic rings. The molecule has 1 saturated heterocycles. The van der Waals surface area contributed by atoms with E-state index in [0.717, 1.165) is 16.6 Å². The van der Waals surface area contributed by atoms with Crippen LogP contribution < -0.4 is 10.2 Å². The van der Waals surface area contributed by atoms with Crippen LogP contribution in [0.25, 0.3) is 0 Å². The maximum Gasteiger partial charge on any atom is 0.255 e. The van der Waals surface area contributed by atoms with Gasteiger partial charge < -0.3 is 10.2 Å². The Labute approximate surface area is 147 Å². The summed E-state index contributed by atoms with van der Waals surface area (Å²) in [5, 5.41) is 3.33. The van der Waals surface area contributed by atoms with Gasteiger partial charge in [0.05, 0.1) is 5.02 Å². The van der Waals surface area contributed by atoms with Crippen molar-refractivity contribution in [3.8, 4) is 0 Å². The minimum Gasteiger partial charge on any atom is -0.322 e. The van der Waals surface area contributed by atoms with Crippen molar-refractivity contribution in [2.24, 2.45) is 0 Å². The second kappa shape index (κ2) is 6.72. The van der Waals surface area contributed by atoms with Crippen molar-refractivity contribution in [1.29, 1.82) is 0 Å². The quantitative estimate of drug-likeness (QED) is 0.836. The summed E-state index contributed by atoms with van der Waals surface area (Å²) in [5.74, 6) is -0.140. The van der Waals surface area contributed by atoms with E-state index in [2.05, 4.69) is 21.2 Å². The molecule has 1 aliphatic rings. The van der Waals surface area contributed by atoms with Crippen LogP contribution in [0.5, 0.6) is 0 Å². The van der Waals surface area contributed by atoms with Gasteiger partial charge in [0.2, 0.25) is 5.91 Å². The molecule has 118 valence electrons. The van der Waals surface area contributed by atoms with Crippen LogP contribution >= 0.6 is 27.5 Å². The Morgan fingerprint density at radius 1 is 1.22 bits per heavy atom. The SMILES string of the molecule is O=C(Nc1ccc(Br)c(Cl)c1)c1cccc(N2CCCC2=O)c1. The summed E-state index contributed by atoms with van der Waals surface area (Å²) in [6.07, 6.45) is 1.42. The van der Waals surface area contributed by atoms with E-state index in [1.807, 2.05) is 6.07 Å². The molecule has 6 heteroatoms. The summed E-state index contributed by atoms with van der Waals surface area (Å²) in [6.45, 7) is 0.701. The van der Waals surface area contributed by atoms with Gasteiger partial charge in [-0.2, -0.15) is 0 Å². The van der Waals surface area contributed by atoms with E-state index in [9.17, 15) is 9.59 Å². The Morgan fingerprint density at radius 3 is 2.74 bits per heavy atom. The van der Waals surface area contributed by atoms with Crippen LogP contribution in [0.3, 0.4) is 0 Å². The fraction of sp³-hybridized carbons (Fsp3) is 0.176. The van der Waals surface area contributed by atoms with E-state index in [0.29, 0.717) is 29.2 Å². The Kier molecular flexibility index (Phi) is 4.68. The summed E-state index contributed by atoms with van der Waals surface area (Å²) in [7, 11) is 0. The van der Waals surface area contributed by atoms with Crippen LogP contribution in [0.1, 0.15) is 23.2 Å². The van der Waals surface area contributed by atoms with Gasteiger partial charge in [0, 0.05) is 34.4 Å². The maximum atomic E-state index is 12.4. The number of anilines is 2. The van der Waals surface area contributed by atoms with Crippen LogP contribution in [-0.2, 0) is 4.79 Å². The van der Waals surface area contributed by atoms with Gasteiger partial charge in [-0.1, -0.05) is 17.7 Å². The Morgan fingerprint density at radius 2 is 2.04 bits per heavy atom. The van der Waals surface area contributed by atoms with Crippen molar-refractivity contribution < 1.29 is 9.59 Å². The first-order valence-electron chi connectivity index (χ1n) is 7.21. The van der Waals surface area contributed by atoms with E-state index in [1.165, 1.54) is 0 Å². The molecular weight excluding hydrogens is 380 g/mol. The number of halogens is 2. The van der Waals surface area contributed by atoms with E-state index >= 15 is 0 Å². The molecule has 1 heterocycles. The molecule has 1 aliphatic heterocycles. The highest BCUT2D eigenvalue weighted by Crippen LogP contribution is 2.26. The molecule has 3 rings (SSSR count). The monoisotopic (exact) mass is 392 g/mol. The Balaban J connectivity index is 1.79. The predicted molar refractivity (Wildman–Crippen MR) is 95.1 cm³/mol. The molecule has 0 aromatic heterocycles. The molecule has 0 saturated carbocycles. The zero-order valence-electron chi connectivity index (χ0n) is 12.2. The minimum atomic E-state index is -0.239. The number of carbonyl (C=O) groups is 2. The lowest BCUT2D eigenvalue weighted by Gasteiger charge is -2.16. The van der Waals surface area contributed by atoms with E-state index in [-0.39, 0.29) is 11.8 Å². The van der Waals surface area contributed by atoms with Crippen LogP contribution in [0.15, 0.2) is 46.9 Å². The minimum absolute atomic E-state index is 0.0993. The second-order valence-corrected chi connectivity index (χ2v) is 6.54. The van der Waals surface area contributed by atoms with Crippen molar-refractivity contribution in [2.45, 2.75) is 12.8 Å². The summed E-state index contributed by atoms with van der Waals surface area (Å²) in [4.78, 5) is 25.9. The third-order valence-corrected chi connectivity index (χ3v) is 4.90. The molecule has 0 bridgehead atoms. The fourth-order valence-electron chi connectivity index (χ4n) is 2.51. The van der Waals surface area contributed by atoms with Gasteiger partial charge in [0.25, 0.3) is 5.91 Å². The second-order valence-electron chi connectivity index (χ2n) is 5.28. The maximum absolute atomic E-state index is 12.4. The van der Waals surface area contributed by atoms with Gasteiger partial charge >= 0.3 is 0 Å². The average Bonchev–Trinajstić information content (AvgIpc) is 2.97. The third kappa shape index (κ3) is 3.57. The summed E-state index contributed by atoms with van der Waals surface area (Å²) < 4.78 is 0.770. The molecule has 0 radical (unpaired) electrons. The van der Waals surface area contributed by atoms with Gasteiger partial charge in [-0.05, 0) is 58.7 Å². The lowest BCUT2D eigenvalue weighted by atomic mass is 10.1. The van der Waals surface area contributed by atoms with Gasteiger partial charge in [-0.15, -0.1) is 0 Å². The lowest BCUT2D eigenvalue weighted by molar-refractivity contribution is -0.117. The fourth-order valence-corrected chi connectivity index (χ4v) is 2.94. The molecule has 0 atom stereocenters. The van der Waals surface area contributed by atoms with E-state index in [4.69, 9.17) is 11.6 Å². The number of hydrogen-bond donors (Lipinski definition) is 1. The van der Waals surface area contributed by atoms with Gasteiger partial charge in [0.15, 0.2) is 0 Å². The van der Waals surface area contributed by atoms with Crippen molar-refractivity contribution in [2.75, 3.05) is 16.8 Å². The zero-order valence-corrected chi connectivity index (χ0v) is 14.5. The van der Waals surface area contributed by atoms with Gasteiger partial charge in [-0.3, -0.25) is 9.59 Å². The number of amides is 2.